The first-order chi connectivity index (χ1) is 7.62. The zero-order valence-electron chi connectivity index (χ0n) is 11.4. The average molecular weight is 275 g/mol. The molecule has 0 aliphatic rings. The molecule has 1 aromatic rings. The molecule has 0 aliphatic carbocycles. The molecule has 0 radical (unpaired) electrons. The highest BCUT2D eigenvalue weighted by atomic mass is 35.5. The van der Waals surface area contributed by atoms with E-state index in [2.05, 4.69) is 45.7 Å². The SMILES string of the molecule is CN(Cc1ccc(Cl)s1)CC(C)(C)C(C)(C)N. The molecule has 0 fully saturated rings. The van der Waals surface area contributed by atoms with Gasteiger partial charge in [-0.1, -0.05) is 25.4 Å². The second-order valence-electron chi connectivity index (χ2n) is 5.98. The van der Waals surface area contributed by atoms with E-state index in [-0.39, 0.29) is 11.0 Å². The van der Waals surface area contributed by atoms with Crippen molar-refractivity contribution in [1.82, 2.24) is 4.90 Å². The molecular weight excluding hydrogens is 252 g/mol. The summed E-state index contributed by atoms with van der Waals surface area (Å²) >= 11 is 7.57. The maximum atomic E-state index is 6.21. The van der Waals surface area contributed by atoms with E-state index >= 15 is 0 Å². The number of nitrogens with zero attached hydrogens (tertiary/aromatic N) is 1. The van der Waals surface area contributed by atoms with Gasteiger partial charge in [0, 0.05) is 23.5 Å². The highest BCUT2D eigenvalue weighted by Crippen LogP contribution is 2.30. The van der Waals surface area contributed by atoms with Crippen molar-refractivity contribution in [3.8, 4) is 0 Å². The molecule has 0 unspecified atom stereocenters. The maximum absolute atomic E-state index is 6.21. The van der Waals surface area contributed by atoms with Gasteiger partial charge in [-0.3, -0.25) is 0 Å². The molecule has 1 rings (SSSR count). The lowest BCUT2D eigenvalue weighted by atomic mass is 9.75. The Morgan fingerprint density at radius 3 is 2.29 bits per heavy atom. The number of rotatable bonds is 5. The Labute approximate surface area is 114 Å². The third-order valence-corrected chi connectivity index (χ3v) is 4.68. The number of nitrogens with two attached hydrogens (primary N) is 1. The van der Waals surface area contributed by atoms with Crippen LogP contribution in [0.5, 0.6) is 0 Å². The van der Waals surface area contributed by atoms with Crippen LogP contribution in [0.3, 0.4) is 0 Å². The summed E-state index contributed by atoms with van der Waals surface area (Å²) in [7, 11) is 2.13. The van der Waals surface area contributed by atoms with Crippen LogP contribution in [0, 0.1) is 5.41 Å². The molecule has 0 aromatic carbocycles. The molecule has 2 nitrogen and oxygen atoms in total. The Morgan fingerprint density at radius 1 is 1.29 bits per heavy atom. The van der Waals surface area contributed by atoms with E-state index in [0.717, 1.165) is 17.4 Å². The van der Waals surface area contributed by atoms with Crippen LogP contribution in [0.15, 0.2) is 12.1 Å². The summed E-state index contributed by atoms with van der Waals surface area (Å²) in [4.78, 5) is 3.60. The molecule has 0 bridgehead atoms. The molecule has 2 N–H and O–H groups in total. The maximum Gasteiger partial charge on any atom is 0.0931 e. The summed E-state index contributed by atoms with van der Waals surface area (Å²) in [5.41, 5.74) is 6.10. The molecule has 0 saturated heterocycles. The summed E-state index contributed by atoms with van der Waals surface area (Å²) in [5, 5.41) is 0. The van der Waals surface area contributed by atoms with Crippen molar-refractivity contribution in [1.29, 1.82) is 0 Å². The Kier molecular flexibility index (Phi) is 4.64. The molecule has 4 heteroatoms. The Hall–Kier alpha value is -0.0900. The zero-order chi connectivity index (χ0) is 13.3. The summed E-state index contributed by atoms with van der Waals surface area (Å²) < 4.78 is 0.854. The van der Waals surface area contributed by atoms with Crippen molar-refractivity contribution in [2.24, 2.45) is 11.1 Å². The van der Waals surface area contributed by atoms with Crippen molar-refractivity contribution in [2.45, 2.75) is 39.8 Å². The summed E-state index contributed by atoms with van der Waals surface area (Å²) in [6, 6.07) is 4.04. The summed E-state index contributed by atoms with van der Waals surface area (Å²) in [6.45, 7) is 10.5. The number of hydrogen-bond acceptors (Lipinski definition) is 3. The Morgan fingerprint density at radius 2 is 1.88 bits per heavy atom. The lowest BCUT2D eigenvalue weighted by Gasteiger charge is -2.41. The van der Waals surface area contributed by atoms with Gasteiger partial charge in [0.05, 0.1) is 4.34 Å². The van der Waals surface area contributed by atoms with Gasteiger partial charge in [-0.05, 0) is 38.4 Å². The van der Waals surface area contributed by atoms with E-state index < -0.39 is 0 Å². The predicted molar refractivity (Wildman–Crippen MR) is 77.7 cm³/mol. The molecule has 0 saturated carbocycles. The monoisotopic (exact) mass is 274 g/mol. The number of hydrogen-bond donors (Lipinski definition) is 1. The molecule has 0 atom stereocenters. The van der Waals surface area contributed by atoms with Gasteiger partial charge in [0.1, 0.15) is 0 Å². The van der Waals surface area contributed by atoms with Gasteiger partial charge in [-0.2, -0.15) is 0 Å². The Balaban J connectivity index is 2.58. The standard InChI is InChI=1S/C13H23ClN2S/c1-12(2,13(3,4)15)9-16(5)8-10-6-7-11(14)17-10/h6-7H,8-9,15H2,1-5H3. The van der Waals surface area contributed by atoms with E-state index in [1.165, 1.54) is 4.88 Å². The van der Waals surface area contributed by atoms with E-state index in [1.54, 1.807) is 11.3 Å². The minimum atomic E-state index is -0.186. The second kappa shape index (κ2) is 5.27. The molecule has 1 aromatic heterocycles. The van der Waals surface area contributed by atoms with Crippen LogP contribution in [-0.2, 0) is 6.54 Å². The topological polar surface area (TPSA) is 29.3 Å². The molecular formula is C13H23ClN2S. The van der Waals surface area contributed by atoms with Crippen molar-refractivity contribution < 1.29 is 0 Å². The third kappa shape index (κ3) is 4.25. The van der Waals surface area contributed by atoms with Gasteiger partial charge in [0.2, 0.25) is 0 Å². The van der Waals surface area contributed by atoms with E-state index in [1.807, 2.05) is 6.07 Å². The van der Waals surface area contributed by atoms with Gasteiger partial charge in [-0.15, -0.1) is 11.3 Å². The van der Waals surface area contributed by atoms with Crippen molar-refractivity contribution >= 4 is 22.9 Å². The molecule has 0 amide bonds. The minimum Gasteiger partial charge on any atom is -0.325 e. The van der Waals surface area contributed by atoms with Gasteiger partial charge in [0.15, 0.2) is 0 Å². The fraction of sp³-hybridized carbons (Fsp3) is 0.692. The lowest BCUT2D eigenvalue weighted by Crippen LogP contribution is -2.52. The van der Waals surface area contributed by atoms with E-state index in [9.17, 15) is 0 Å². The van der Waals surface area contributed by atoms with Crippen LogP contribution in [-0.4, -0.2) is 24.0 Å². The first kappa shape index (κ1) is 15.0. The van der Waals surface area contributed by atoms with Crippen LogP contribution in [0.25, 0.3) is 0 Å². The number of thiophene rings is 1. The molecule has 1 heterocycles. The highest BCUT2D eigenvalue weighted by Gasteiger charge is 2.34. The Bertz CT molecular complexity index is 366. The number of halogens is 1. The van der Waals surface area contributed by atoms with E-state index in [0.29, 0.717) is 0 Å². The summed E-state index contributed by atoms with van der Waals surface area (Å²) in [6.07, 6.45) is 0. The van der Waals surface area contributed by atoms with Gasteiger partial charge in [-0.25, -0.2) is 0 Å². The molecule has 98 valence electrons. The van der Waals surface area contributed by atoms with Crippen LogP contribution in [0.1, 0.15) is 32.6 Å². The largest absolute Gasteiger partial charge is 0.325 e. The van der Waals surface area contributed by atoms with Crippen LogP contribution < -0.4 is 5.73 Å². The second-order valence-corrected chi connectivity index (χ2v) is 7.78. The average Bonchev–Trinajstić information content (AvgIpc) is 2.47. The smallest absolute Gasteiger partial charge is 0.0931 e. The first-order valence-corrected chi connectivity index (χ1v) is 7.03. The fourth-order valence-electron chi connectivity index (χ4n) is 1.64. The molecule has 0 spiro atoms. The van der Waals surface area contributed by atoms with Crippen LogP contribution >= 0.6 is 22.9 Å². The predicted octanol–water partition coefficient (Wildman–Crippen LogP) is 3.60. The van der Waals surface area contributed by atoms with Crippen molar-refractivity contribution in [3.63, 3.8) is 0 Å². The van der Waals surface area contributed by atoms with Crippen molar-refractivity contribution in [2.75, 3.05) is 13.6 Å². The highest BCUT2D eigenvalue weighted by molar-refractivity contribution is 7.16. The van der Waals surface area contributed by atoms with Gasteiger partial charge >= 0.3 is 0 Å². The van der Waals surface area contributed by atoms with E-state index in [4.69, 9.17) is 17.3 Å². The molecule has 0 aliphatic heterocycles. The quantitative estimate of drug-likeness (QED) is 0.889. The minimum absolute atomic E-state index is 0.0722. The molecule has 17 heavy (non-hydrogen) atoms. The van der Waals surface area contributed by atoms with Crippen LogP contribution in [0.2, 0.25) is 4.34 Å². The van der Waals surface area contributed by atoms with Gasteiger partial charge < -0.3 is 10.6 Å². The third-order valence-electron chi connectivity index (χ3n) is 3.46. The lowest BCUT2D eigenvalue weighted by molar-refractivity contribution is 0.127. The first-order valence-electron chi connectivity index (χ1n) is 5.83. The van der Waals surface area contributed by atoms with Crippen LogP contribution in [0.4, 0.5) is 0 Å². The zero-order valence-corrected chi connectivity index (χ0v) is 13.0. The van der Waals surface area contributed by atoms with Gasteiger partial charge in [0.25, 0.3) is 0 Å². The summed E-state index contributed by atoms with van der Waals surface area (Å²) in [5.74, 6) is 0. The van der Waals surface area contributed by atoms with Crippen molar-refractivity contribution in [3.05, 3.63) is 21.3 Å². The fourth-order valence-corrected chi connectivity index (χ4v) is 2.81. The normalized spacial score (nSPS) is 13.4.